The van der Waals surface area contributed by atoms with E-state index in [1.807, 2.05) is 0 Å². The summed E-state index contributed by atoms with van der Waals surface area (Å²) >= 11 is 0. The summed E-state index contributed by atoms with van der Waals surface area (Å²) in [7, 11) is 4.25. The summed E-state index contributed by atoms with van der Waals surface area (Å²) in [5.41, 5.74) is 6.19. The SMILES string of the molecule is CCN(C(C)CN(C)C)C(CN)C(C)(C)C. The van der Waals surface area contributed by atoms with E-state index in [1.54, 1.807) is 0 Å². The summed E-state index contributed by atoms with van der Waals surface area (Å²) in [5.74, 6) is 0. The Kier molecular flexibility index (Phi) is 6.53. The lowest BCUT2D eigenvalue weighted by molar-refractivity contribution is 0.0634. The fraction of sp³-hybridized carbons (Fsp3) is 1.00. The third-order valence-corrected chi connectivity index (χ3v) is 3.18. The lowest BCUT2D eigenvalue weighted by Gasteiger charge is -2.43. The zero-order valence-electron chi connectivity index (χ0n) is 12.2. The van der Waals surface area contributed by atoms with Crippen LogP contribution in [0.4, 0.5) is 0 Å². The van der Waals surface area contributed by atoms with Crippen LogP contribution in [-0.4, -0.2) is 55.6 Å². The van der Waals surface area contributed by atoms with Crippen LogP contribution in [0.1, 0.15) is 34.6 Å². The summed E-state index contributed by atoms with van der Waals surface area (Å²) in [4.78, 5) is 4.77. The standard InChI is InChI=1S/C13H31N3/c1-8-16(11(2)10-15(6)7)12(9-14)13(3,4)5/h11-12H,8-10,14H2,1-7H3. The van der Waals surface area contributed by atoms with Crippen molar-refractivity contribution in [1.29, 1.82) is 0 Å². The zero-order chi connectivity index (χ0) is 12.9. The summed E-state index contributed by atoms with van der Waals surface area (Å²) < 4.78 is 0. The highest BCUT2D eigenvalue weighted by atomic mass is 15.2. The average molecular weight is 229 g/mol. The molecule has 3 nitrogen and oxygen atoms in total. The molecule has 2 atom stereocenters. The summed E-state index contributed by atoms with van der Waals surface area (Å²) in [5, 5.41) is 0. The number of hydrogen-bond acceptors (Lipinski definition) is 3. The Labute approximate surface area is 102 Å². The first-order valence-corrected chi connectivity index (χ1v) is 6.34. The largest absolute Gasteiger partial charge is 0.329 e. The van der Waals surface area contributed by atoms with E-state index in [4.69, 9.17) is 5.73 Å². The second kappa shape index (κ2) is 6.58. The van der Waals surface area contributed by atoms with E-state index in [1.165, 1.54) is 0 Å². The van der Waals surface area contributed by atoms with Gasteiger partial charge in [0.15, 0.2) is 0 Å². The Morgan fingerprint density at radius 3 is 1.94 bits per heavy atom. The predicted molar refractivity (Wildman–Crippen MR) is 72.7 cm³/mol. The van der Waals surface area contributed by atoms with Crippen molar-refractivity contribution in [3.63, 3.8) is 0 Å². The van der Waals surface area contributed by atoms with Crippen LogP contribution in [0.3, 0.4) is 0 Å². The van der Waals surface area contributed by atoms with Crippen molar-refractivity contribution in [2.75, 3.05) is 33.7 Å². The Hall–Kier alpha value is -0.120. The van der Waals surface area contributed by atoms with Crippen LogP contribution in [-0.2, 0) is 0 Å². The molecule has 0 heterocycles. The van der Waals surface area contributed by atoms with Crippen molar-refractivity contribution in [1.82, 2.24) is 9.80 Å². The maximum absolute atomic E-state index is 5.95. The van der Waals surface area contributed by atoms with Gasteiger partial charge >= 0.3 is 0 Å². The van der Waals surface area contributed by atoms with E-state index in [-0.39, 0.29) is 5.41 Å². The fourth-order valence-corrected chi connectivity index (χ4v) is 2.46. The van der Waals surface area contributed by atoms with Gasteiger partial charge in [-0.05, 0) is 33.0 Å². The van der Waals surface area contributed by atoms with Gasteiger partial charge in [0.1, 0.15) is 0 Å². The lowest BCUT2D eigenvalue weighted by Crippen LogP contribution is -2.54. The first-order valence-electron chi connectivity index (χ1n) is 6.34. The number of likely N-dealkylation sites (N-methyl/N-ethyl adjacent to an activating group) is 2. The van der Waals surface area contributed by atoms with Gasteiger partial charge in [-0.1, -0.05) is 27.7 Å². The maximum atomic E-state index is 5.95. The molecule has 0 fully saturated rings. The first-order chi connectivity index (χ1) is 7.23. The number of rotatable bonds is 6. The van der Waals surface area contributed by atoms with Gasteiger partial charge in [-0.15, -0.1) is 0 Å². The van der Waals surface area contributed by atoms with Crippen LogP contribution in [0.2, 0.25) is 0 Å². The van der Waals surface area contributed by atoms with Gasteiger partial charge in [-0.2, -0.15) is 0 Å². The number of hydrogen-bond donors (Lipinski definition) is 1. The van der Waals surface area contributed by atoms with E-state index >= 15 is 0 Å². The van der Waals surface area contributed by atoms with Crippen LogP contribution in [0, 0.1) is 5.41 Å². The molecule has 3 heteroatoms. The Morgan fingerprint density at radius 2 is 1.69 bits per heavy atom. The zero-order valence-corrected chi connectivity index (χ0v) is 12.2. The van der Waals surface area contributed by atoms with Gasteiger partial charge in [0.25, 0.3) is 0 Å². The topological polar surface area (TPSA) is 32.5 Å². The van der Waals surface area contributed by atoms with Crippen molar-refractivity contribution in [3.05, 3.63) is 0 Å². The highest BCUT2D eigenvalue weighted by molar-refractivity contribution is 4.86. The van der Waals surface area contributed by atoms with Gasteiger partial charge in [0.05, 0.1) is 0 Å². The molecule has 0 aromatic carbocycles. The molecule has 16 heavy (non-hydrogen) atoms. The Bertz CT molecular complexity index is 184. The summed E-state index contributed by atoms with van der Waals surface area (Å²) in [6.45, 7) is 14.2. The maximum Gasteiger partial charge on any atom is 0.0270 e. The molecule has 0 bridgehead atoms. The van der Waals surface area contributed by atoms with E-state index in [0.717, 1.165) is 19.6 Å². The molecule has 0 aromatic rings. The molecule has 0 aliphatic rings. The highest BCUT2D eigenvalue weighted by Crippen LogP contribution is 2.25. The molecule has 2 N–H and O–H groups in total. The molecule has 0 amide bonds. The van der Waals surface area contributed by atoms with Crippen molar-refractivity contribution in [3.8, 4) is 0 Å². The van der Waals surface area contributed by atoms with Crippen LogP contribution in [0.5, 0.6) is 0 Å². The summed E-state index contributed by atoms with van der Waals surface area (Å²) in [6.07, 6.45) is 0. The molecule has 0 aromatic heterocycles. The molecule has 98 valence electrons. The van der Waals surface area contributed by atoms with E-state index < -0.39 is 0 Å². The minimum atomic E-state index is 0.241. The average Bonchev–Trinajstić information content (AvgIpc) is 2.10. The third-order valence-electron chi connectivity index (χ3n) is 3.18. The minimum absolute atomic E-state index is 0.241. The second-order valence-corrected chi connectivity index (χ2v) is 6.06. The normalized spacial score (nSPS) is 16.9. The monoisotopic (exact) mass is 229 g/mol. The van der Waals surface area contributed by atoms with Crippen molar-refractivity contribution < 1.29 is 0 Å². The fourth-order valence-electron chi connectivity index (χ4n) is 2.46. The van der Waals surface area contributed by atoms with Crippen LogP contribution in [0.15, 0.2) is 0 Å². The van der Waals surface area contributed by atoms with Crippen LogP contribution in [0.25, 0.3) is 0 Å². The number of nitrogens with two attached hydrogens (primary N) is 1. The molecule has 0 aliphatic carbocycles. The lowest BCUT2D eigenvalue weighted by atomic mass is 9.85. The van der Waals surface area contributed by atoms with Gasteiger partial charge in [0, 0.05) is 25.2 Å². The van der Waals surface area contributed by atoms with Gasteiger partial charge in [-0.25, -0.2) is 0 Å². The smallest absolute Gasteiger partial charge is 0.0270 e. The molecule has 0 radical (unpaired) electrons. The quantitative estimate of drug-likeness (QED) is 0.751. The minimum Gasteiger partial charge on any atom is -0.329 e. The van der Waals surface area contributed by atoms with Crippen molar-refractivity contribution >= 4 is 0 Å². The third kappa shape index (κ3) is 4.81. The molecule has 0 aliphatic heterocycles. The van der Waals surface area contributed by atoms with E-state index in [0.29, 0.717) is 12.1 Å². The molecular weight excluding hydrogens is 198 g/mol. The molecule has 0 rings (SSSR count). The first kappa shape index (κ1) is 15.9. The van der Waals surface area contributed by atoms with Gasteiger partial charge < -0.3 is 10.6 Å². The second-order valence-electron chi connectivity index (χ2n) is 6.06. The van der Waals surface area contributed by atoms with Gasteiger partial charge in [-0.3, -0.25) is 4.90 Å². The van der Waals surface area contributed by atoms with Crippen LogP contribution < -0.4 is 5.73 Å². The van der Waals surface area contributed by atoms with Gasteiger partial charge in [0.2, 0.25) is 0 Å². The highest BCUT2D eigenvalue weighted by Gasteiger charge is 2.30. The molecule has 0 saturated heterocycles. The molecule has 2 unspecified atom stereocenters. The molecule has 0 spiro atoms. The van der Waals surface area contributed by atoms with E-state index in [9.17, 15) is 0 Å². The number of nitrogens with zero attached hydrogens (tertiary/aromatic N) is 2. The summed E-state index contributed by atoms with van der Waals surface area (Å²) in [6, 6.07) is 1.00. The molecular formula is C13H31N3. The van der Waals surface area contributed by atoms with Crippen LogP contribution >= 0.6 is 0 Å². The molecule has 0 saturated carbocycles. The van der Waals surface area contributed by atoms with Crippen molar-refractivity contribution in [2.45, 2.75) is 46.7 Å². The van der Waals surface area contributed by atoms with Crippen molar-refractivity contribution in [2.24, 2.45) is 11.1 Å². The van der Waals surface area contributed by atoms with E-state index in [2.05, 4.69) is 58.5 Å². The Balaban J connectivity index is 4.67. The predicted octanol–water partition coefficient (Wildman–Crippen LogP) is 1.63. The Morgan fingerprint density at radius 1 is 1.19 bits per heavy atom.